The fourth-order valence-corrected chi connectivity index (χ4v) is 2.99. The van der Waals surface area contributed by atoms with E-state index >= 15 is 0 Å². The summed E-state index contributed by atoms with van der Waals surface area (Å²) in [4.78, 5) is 0. The third-order valence-corrected chi connectivity index (χ3v) is 4.40. The van der Waals surface area contributed by atoms with Crippen LogP contribution in [0.4, 0.5) is 0 Å². The molecule has 3 aromatic rings. The molecule has 0 amide bonds. The van der Waals surface area contributed by atoms with Crippen molar-refractivity contribution in [2.24, 2.45) is 14.1 Å². The minimum Gasteiger partial charge on any atom is -0.384 e. The second-order valence-corrected chi connectivity index (χ2v) is 6.49. The van der Waals surface area contributed by atoms with E-state index in [9.17, 15) is 5.11 Å². The van der Waals surface area contributed by atoms with E-state index in [-0.39, 0.29) is 0 Å². The molecule has 0 saturated carbocycles. The van der Waals surface area contributed by atoms with E-state index in [0.29, 0.717) is 12.8 Å². The van der Waals surface area contributed by atoms with Gasteiger partial charge in [0.1, 0.15) is 14.1 Å². The van der Waals surface area contributed by atoms with Gasteiger partial charge in [0.2, 0.25) is 0 Å². The van der Waals surface area contributed by atoms with Crippen LogP contribution in [0, 0.1) is 0 Å². The molecule has 0 aliphatic rings. The molecule has 3 rings (SSSR count). The number of hydrogen-bond acceptors (Lipinski definition) is 1. The molecule has 0 bridgehead atoms. The number of nitrogens with zero attached hydrogens (tertiary/aromatic N) is 2. The van der Waals surface area contributed by atoms with Crippen molar-refractivity contribution in [3.63, 3.8) is 0 Å². The van der Waals surface area contributed by atoms with Gasteiger partial charge >= 0.3 is 0 Å². The molecule has 0 fully saturated rings. The molecule has 24 heavy (non-hydrogen) atoms. The van der Waals surface area contributed by atoms with Crippen LogP contribution in [-0.2, 0) is 32.5 Å². The van der Waals surface area contributed by atoms with Crippen molar-refractivity contribution in [3.8, 4) is 0 Å². The third-order valence-electron chi connectivity index (χ3n) is 4.40. The molecule has 0 aliphatic carbocycles. The zero-order valence-electron chi connectivity index (χ0n) is 14.3. The average Bonchev–Trinajstić information content (AvgIpc) is 2.60. The summed E-state index contributed by atoms with van der Waals surface area (Å²) in [5.41, 5.74) is 2.27. The first-order valence-corrected chi connectivity index (χ1v) is 8.21. The maximum atomic E-state index is 11.5. The molecule has 1 aromatic carbocycles. The molecule has 0 aliphatic heterocycles. The molecule has 0 atom stereocenters. The summed E-state index contributed by atoms with van der Waals surface area (Å²) in [6.45, 7) is 0. The Morgan fingerprint density at radius 3 is 1.54 bits per heavy atom. The maximum absolute atomic E-state index is 11.5. The molecule has 2 aromatic heterocycles. The van der Waals surface area contributed by atoms with Gasteiger partial charge in [-0.25, -0.2) is 9.13 Å². The predicted molar refractivity (Wildman–Crippen MR) is 93.0 cm³/mol. The maximum Gasteiger partial charge on any atom is 0.168 e. The standard InChI is InChI=1S/C21H24N2O/c1-22-12-8-18(9-13-22)16-21(24,20-6-4-3-5-7-20)17-19-10-14-23(2)15-11-19/h3-15,24H,16-17H2,1-2H3/q+2. The Kier molecular flexibility index (Phi) is 4.72. The van der Waals surface area contributed by atoms with Crippen LogP contribution in [0.5, 0.6) is 0 Å². The Hall–Kier alpha value is -2.52. The first-order valence-electron chi connectivity index (χ1n) is 8.21. The van der Waals surface area contributed by atoms with Crippen LogP contribution in [0.25, 0.3) is 0 Å². The number of aryl methyl sites for hydroxylation is 2. The zero-order chi connectivity index (χ0) is 17.0. The lowest BCUT2D eigenvalue weighted by molar-refractivity contribution is -0.671. The number of pyridine rings is 2. The largest absolute Gasteiger partial charge is 0.384 e. The lowest BCUT2D eigenvalue weighted by atomic mass is 9.82. The van der Waals surface area contributed by atoms with Gasteiger partial charge < -0.3 is 5.11 Å². The average molecular weight is 320 g/mol. The van der Waals surface area contributed by atoms with Gasteiger partial charge in [-0.05, 0) is 16.7 Å². The summed E-state index contributed by atoms with van der Waals surface area (Å²) in [5, 5.41) is 11.5. The van der Waals surface area contributed by atoms with E-state index < -0.39 is 5.60 Å². The Bertz CT molecular complexity index is 733. The van der Waals surface area contributed by atoms with E-state index in [1.54, 1.807) is 0 Å². The zero-order valence-corrected chi connectivity index (χ0v) is 14.3. The second kappa shape index (κ2) is 6.93. The SMILES string of the molecule is C[n+]1ccc(CC(O)(Cc2cc[n+](C)cc2)c2ccccc2)cc1. The van der Waals surface area contributed by atoms with Gasteiger partial charge in [0.25, 0.3) is 0 Å². The highest BCUT2D eigenvalue weighted by Crippen LogP contribution is 2.29. The highest BCUT2D eigenvalue weighted by molar-refractivity contribution is 5.28. The van der Waals surface area contributed by atoms with Gasteiger partial charge in [0.05, 0.1) is 5.60 Å². The van der Waals surface area contributed by atoms with E-state index in [4.69, 9.17) is 0 Å². The van der Waals surface area contributed by atoms with Crippen molar-refractivity contribution < 1.29 is 14.2 Å². The molecule has 1 N–H and O–H groups in total. The fraction of sp³-hybridized carbons (Fsp3) is 0.238. The summed E-state index contributed by atoms with van der Waals surface area (Å²) in [7, 11) is 3.99. The lowest BCUT2D eigenvalue weighted by Gasteiger charge is -2.29. The lowest BCUT2D eigenvalue weighted by Crippen LogP contribution is -2.33. The van der Waals surface area contributed by atoms with Gasteiger partial charge in [-0.3, -0.25) is 0 Å². The molecular weight excluding hydrogens is 296 g/mol. The van der Waals surface area contributed by atoms with Gasteiger partial charge in [0.15, 0.2) is 24.8 Å². The fourth-order valence-electron chi connectivity index (χ4n) is 2.99. The van der Waals surface area contributed by atoms with Crippen molar-refractivity contribution in [2.75, 3.05) is 0 Å². The Balaban J connectivity index is 1.94. The van der Waals surface area contributed by atoms with Crippen molar-refractivity contribution in [3.05, 3.63) is 96.1 Å². The van der Waals surface area contributed by atoms with Crippen LogP contribution in [-0.4, -0.2) is 5.11 Å². The second-order valence-electron chi connectivity index (χ2n) is 6.49. The van der Waals surface area contributed by atoms with Crippen LogP contribution in [0.3, 0.4) is 0 Å². The molecule has 2 heterocycles. The number of rotatable bonds is 5. The highest BCUT2D eigenvalue weighted by Gasteiger charge is 2.30. The first kappa shape index (κ1) is 16.3. The van der Waals surface area contributed by atoms with Crippen molar-refractivity contribution in [1.82, 2.24) is 0 Å². The summed E-state index contributed by atoms with van der Waals surface area (Å²) >= 11 is 0. The number of benzene rings is 1. The molecule has 0 saturated heterocycles. The minimum atomic E-state index is -0.929. The molecular formula is C21H24N2O+2. The Labute approximate surface area is 143 Å². The summed E-state index contributed by atoms with van der Waals surface area (Å²) in [6, 6.07) is 18.2. The first-order chi connectivity index (χ1) is 11.5. The van der Waals surface area contributed by atoms with E-state index in [1.165, 1.54) is 0 Å². The molecule has 3 heteroatoms. The predicted octanol–water partition coefficient (Wildman–Crippen LogP) is 2.01. The Morgan fingerprint density at radius 1 is 0.708 bits per heavy atom. The molecule has 3 nitrogen and oxygen atoms in total. The van der Waals surface area contributed by atoms with Crippen LogP contribution in [0.2, 0.25) is 0 Å². The molecule has 122 valence electrons. The van der Waals surface area contributed by atoms with Crippen LogP contribution in [0.15, 0.2) is 79.4 Å². The van der Waals surface area contributed by atoms with E-state index in [2.05, 4.69) is 24.3 Å². The monoisotopic (exact) mass is 320 g/mol. The van der Waals surface area contributed by atoms with Gasteiger partial charge in [-0.2, -0.15) is 0 Å². The van der Waals surface area contributed by atoms with Crippen molar-refractivity contribution in [1.29, 1.82) is 0 Å². The summed E-state index contributed by atoms with van der Waals surface area (Å²) in [5.74, 6) is 0. The normalized spacial score (nSPS) is 11.5. The topological polar surface area (TPSA) is 28.0 Å². The van der Waals surface area contributed by atoms with Crippen molar-refractivity contribution >= 4 is 0 Å². The van der Waals surface area contributed by atoms with Gasteiger partial charge in [-0.15, -0.1) is 0 Å². The highest BCUT2D eigenvalue weighted by atomic mass is 16.3. The van der Waals surface area contributed by atoms with Crippen LogP contribution >= 0.6 is 0 Å². The third kappa shape index (κ3) is 3.87. The van der Waals surface area contributed by atoms with E-state index in [0.717, 1.165) is 16.7 Å². The number of aromatic nitrogens is 2. The molecule has 0 unspecified atom stereocenters. The number of aliphatic hydroxyl groups is 1. The smallest absolute Gasteiger partial charge is 0.168 e. The van der Waals surface area contributed by atoms with Crippen LogP contribution in [0.1, 0.15) is 16.7 Å². The van der Waals surface area contributed by atoms with E-state index in [1.807, 2.05) is 78.3 Å². The quantitative estimate of drug-likeness (QED) is 0.716. The van der Waals surface area contributed by atoms with Crippen LogP contribution < -0.4 is 9.13 Å². The van der Waals surface area contributed by atoms with Gasteiger partial charge in [-0.1, -0.05) is 30.3 Å². The minimum absolute atomic E-state index is 0.582. The summed E-state index contributed by atoms with van der Waals surface area (Å²) < 4.78 is 4.00. The summed E-state index contributed by atoms with van der Waals surface area (Å²) in [6.07, 6.45) is 9.23. The van der Waals surface area contributed by atoms with Gasteiger partial charge in [0, 0.05) is 37.1 Å². The Morgan fingerprint density at radius 2 is 1.12 bits per heavy atom. The molecule has 0 spiro atoms. The van der Waals surface area contributed by atoms with Crippen molar-refractivity contribution in [2.45, 2.75) is 18.4 Å². The molecule has 0 radical (unpaired) electrons. The number of hydrogen-bond donors (Lipinski definition) is 1.